The molecule has 3 rings (SSSR count). The summed E-state index contributed by atoms with van der Waals surface area (Å²) in [5.41, 5.74) is 2.71. The Morgan fingerprint density at radius 2 is 1.71 bits per heavy atom. The van der Waals surface area contributed by atoms with Crippen molar-refractivity contribution in [3.8, 4) is 11.5 Å². The van der Waals surface area contributed by atoms with Crippen LogP contribution in [0.1, 0.15) is 15.9 Å². The number of carbonyl (C=O) groups is 1. The zero-order valence-electron chi connectivity index (χ0n) is 11.6. The molecule has 0 saturated heterocycles. The molecule has 108 valence electrons. The summed E-state index contributed by atoms with van der Waals surface area (Å²) in [5.74, 6) is 0.535. The first-order valence-corrected chi connectivity index (χ1v) is 6.64. The molecular formula is C16H15NO4. The number of aryl methyl sites for hydroxylation is 1. The molecule has 0 aromatic heterocycles. The summed E-state index contributed by atoms with van der Waals surface area (Å²) in [5, 5.41) is 12.3. The molecule has 1 heterocycles. The van der Waals surface area contributed by atoms with Crippen LogP contribution in [0.3, 0.4) is 0 Å². The second-order valence-electron chi connectivity index (χ2n) is 4.82. The number of aromatic carboxylic acids is 1. The highest BCUT2D eigenvalue weighted by molar-refractivity contribution is 5.90. The fraction of sp³-hybridized carbons (Fsp3) is 0.188. The molecule has 0 bridgehead atoms. The van der Waals surface area contributed by atoms with Crippen LogP contribution in [-0.4, -0.2) is 24.3 Å². The average Bonchev–Trinajstić information content (AvgIpc) is 2.47. The smallest absolute Gasteiger partial charge is 0.335 e. The van der Waals surface area contributed by atoms with Crippen molar-refractivity contribution < 1.29 is 19.4 Å². The van der Waals surface area contributed by atoms with Crippen LogP contribution in [0, 0.1) is 6.92 Å². The van der Waals surface area contributed by atoms with Crippen LogP contribution < -0.4 is 14.8 Å². The minimum absolute atomic E-state index is 0.308. The number of fused-ring (bicyclic) bond motifs is 1. The molecule has 0 atom stereocenters. The highest BCUT2D eigenvalue weighted by atomic mass is 16.6. The zero-order valence-corrected chi connectivity index (χ0v) is 11.6. The van der Waals surface area contributed by atoms with Crippen molar-refractivity contribution >= 4 is 17.3 Å². The molecule has 0 saturated carbocycles. The van der Waals surface area contributed by atoms with Crippen molar-refractivity contribution in [3.63, 3.8) is 0 Å². The molecule has 0 unspecified atom stereocenters. The lowest BCUT2D eigenvalue weighted by Crippen LogP contribution is -2.15. The van der Waals surface area contributed by atoms with E-state index < -0.39 is 5.97 Å². The van der Waals surface area contributed by atoms with E-state index in [1.807, 2.05) is 18.2 Å². The third kappa shape index (κ3) is 2.76. The first kappa shape index (κ1) is 13.3. The number of hydrogen-bond donors (Lipinski definition) is 2. The van der Waals surface area contributed by atoms with Gasteiger partial charge in [0.1, 0.15) is 13.2 Å². The largest absolute Gasteiger partial charge is 0.486 e. The Morgan fingerprint density at radius 1 is 1.05 bits per heavy atom. The minimum Gasteiger partial charge on any atom is -0.486 e. The third-order valence-corrected chi connectivity index (χ3v) is 3.29. The molecule has 5 nitrogen and oxygen atoms in total. The van der Waals surface area contributed by atoms with Crippen LogP contribution in [0.2, 0.25) is 0 Å². The summed E-state index contributed by atoms with van der Waals surface area (Å²) in [7, 11) is 0. The topological polar surface area (TPSA) is 67.8 Å². The van der Waals surface area contributed by atoms with E-state index in [2.05, 4.69) is 5.32 Å². The van der Waals surface area contributed by atoms with E-state index in [0.717, 1.165) is 17.1 Å². The van der Waals surface area contributed by atoms with Gasteiger partial charge in [-0.05, 0) is 42.8 Å². The Hall–Kier alpha value is -2.69. The van der Waals surface area contributed by atoms with Crippen molar-refractivity contribution in [2.45, 2.75) is 6.92 Å². The maximum atomic E-state index is 11.0. The van der Waals surface area contributed by atoms with Crippen LogP contribution in [0.25, 0.3) is 0 Å². The SMILES string of the molecule is Cc1cc(Nc2ccc3c(c2)OCCO3)ccc1C(=O)O. The van der Waals surface area contributed by atoms with Gasteiger partial charge in [-0.15, -0.1) is 0 Å². The first-order chi connectivity index (χ1) is 10.1. The van der Waals surface area contributed by atoms with Crippen molar-refractivity contribution in [3.05, 3.63) is 47.5 Å². The van der Waals surface area contributed by atoms with Crippen molar-refractivity contribution in [2.75, 3.05) is 18.5 Å². The molecule has 0 fully saturated rings. The van der Waals surface area contributed by atoms with E-state index in [4.69, 9.17) is 14.6 Å². The number of ether oxygens (including phenoxy) is 2. The summed E-state index contributed by atoms with van der Waals surface area (Å²) in [6.07, 6.45) is 0. The van der Waals surface area contributed by atoms with Crippen LogP contribution >= 0.6 is 0 Å². The molecule has 0 spiro atoms. The fourth-order valence-corrected chi connectivity index (χ4v) is 2.27. The van der Waals surface area contributed by atoms with Gasteiger partial charge in [0.15, 0.2) is 11.5 Å². The average molecular weight is 285 g/mol. The predicted molar refractivity (Wildman–Crippen MR) is 78.9 cm³/mol. The number of anilines is 2. The second kappa shape index (κ2) is 5.36. The van der Waals surface area contributed by atoms with Crippen LogP contribution in [0.4, 0.5) is 11.4 Å². The number of hydrogen-bond acceptors (Lipinski definition) is 4. The second-order valence-corrected chi connectivity index (χ2v) is 4.82. The Kier molecular flexibility index (Phi) is 3.39. The highest BCUT2D eigenvalue weighted by Gasteiger charge is 2.12. The van der Waals surface area contributed by atoms with Crippen molar-refractivity contribution in [1.29, 1.82) is 0 Å². The molecular weight excluding hydrogens is 270 g/mol. The predicted octanol–water partition coefficient (Wildman–Crippen LogP) is 3.21. The lowest BCUT2D eigenvalue weighted by Gasteiger charge is -2.19. The highest BCUT2D eigenvalue weighted by Crippen LogP contribution is 2.33. The van der Waals surface area contributed by atoms with Gasteiger partial charge in [-0.1, -0.05) is 0 Å². The summed E-state index contributed by atoms with van der Waals surface area (Å²) in [6.45, 7) is 2.89. The maximum Gasteiger partial charge on any atom is 0.335 e. The summed E-state index contributed by atoms with van der Waals surface area (Å²) < 4.78 is 11.0. The van der Waals surface area contributed by atoms with Crippen molar-refractivity contribution in [1.82, 2.24) is 0 Å². The third-order valence-electron chi connectivity index (χ3n) is 3.29. The zero-order chi connectivity index (χ0) is 14.8. The molecule has 0 amide bonds. The Morgan fingerprint density at radius 3 is 2.43 bits per heavy atom. The number of carboxylic acids is 1. The number of benzene rings is 2. The Balaban J connectivity index is 1.83. The maximum absolute atomic E-state index is 11.0. The van der Waals surface area contributed by atoms with Gasteiger partial charge in [0, 0.05) is 17.4 Å². The number of rotatable bonds is 3. The molecule has 1 aliphatic rings. The summed E-state index contributed by atoms with van der Waals surface area (Å²) in [4.78, 5) is 11.0. The summed E-state index contributed by atoms with van der Waals surface area (Å²) in [6, 6.07) is 10.8. The molecule has 0 aliphatic carbocycles. The number of carboxylic acid groups (broad SMARTS) is 1. The van der Waals surface area contributed by atoms with Gasteiger partial charge in [-0.25, -0.2) is 4.79 Å². The standard InChI is InChI=1S/C16H15NO4/c1-10-8-11(2-4-13(10)16(18)19)17-12-3-5-14-15(9-12)21-7-6-20-14/h2-5,8-9,17H,6-7H2,1H3,(H,18,19). The van der Waals surface area contributed by atoms with E-state index in [-0.39, 0.29) is 0 Å². The summed E-state index contributed by atoms with van der Waals surface area (Å²) >= 11 is 0. The van der Waals surface area contributed by atoms with E-state index in [1.54, 1.807) is 25.1 Å². The Bertz CT molecular complexity index is 697. The van der Waals surface area contributed by atoms with Gasteiger partial charge in [0.25, 0.3) is 0 Å². The van der Waals surface area contributed by atoms with Gasteiger partial charge >= 0.3 is 5.97 Å². The molecule has 2 aromatic carbocycles. The molecule has 0 radical (unpaired) electrons. The minimum atomic E-state index is -0.918. The van der Waals surface area contributed by atoms with Crippen molar-refractivity contribution in [2.24, 2.45) is 0 Å². The van der Waals surface area contributed by atoms with Gasteiger partial charge in [-0.2, -0.15) is 0 Å². The van der Waals surface area contributed by atoms with Gasteiger partial charge in [0.2, 0.25) is 0 Å². The van der Waals surface area contributed by atoms with Gasteiger partial charge < -0.3 is 19.9 Å². The molecule has 2 N–H and O–H groups in total. The van der Waals surface area contributed by atoms with Crippen LogP contribution in [0.5, 0.6) is 11.5 Å². The van der Waals surface area contributed by atoms with Crippen LogP contribution in [-0.2, 0) is 0 Å². The Labute approximate surface area is 122 Å². The van der Waals surface area contributed by atoms with E-state index in [0.29, 0.717) is 30.1 Å². The van der Waals surface area contributed by atoms with E-state index >= 15 is 0 Å². The lowest BCUT2D eigenvalue weighted by atomic mass is 10.1. The van der Waals surface area contributed by atoms with Crippen LogP contribution in [0.15, 0.2) is 36.4 Å². The fourth-order valence-electron chi connectivity index (χ4n) is 2.27. The van der Waals surface area contributed by atoms with E-state index in [1.165, 1.54) is 0 Å². The lowest BCUT2D eigenvalue weighted by molar-refractivity contribution is 0.0696. The molecule has 21 heavy (non-hydrogen) atoms. The molecule has 2 aromatic rings. The molecule has 1 aliphatic heterocycles. The quantitative estimate of drug-likeness (QED) is 0.906. The number of nitrogens with one attached hydrogen (secondary N) is 1. The first-order valence-electron chi connectivity index (χ1n) is 6.64. The van der Waals surface area contributed by atoms with Gasteiger partial charge in [-0.3, -0.25) is 0 Å². The van der Waals surface area contributed by atoms with E-state index in [9.17, 15) is 4.79 Å². The monoisotopic (exact) mass is 285 g/mol. The van der Waals surface area contributed by atoms with Gasteiger partial charge in [0.05, 0.1) is 5.56 Å². The molecule has 5 heteroatoms. The normalized spacial score (nSPS) is 12.8.